The number of aryl methyl sites for hydroxylation is 2. The average Bonchev–Trinajstić information content (AvgIpc) is 2.86. The standard InChI is InChI=1S/C16H18N4/c1-18-12-5-4-7-13(18)14-8-6-9-15(19(14)2)16-10-11-17-20(16)3/h4-12H,1-3H3/q+2. The van der Waals surface area contributed by atoms with Crippen molar-refractivity contribution in [3.05, 3.63) is 54.9 Å². The Morgan fingerprint density at radius 1 is 0.900 bits per heavy atom. The van der Waals surface area contributed by atoms with Crippen LogP contribution in [0.2, 0.25) is 0 Å². The van der Waals surface area contributed by atoms with Crippen LogP contribution in [0.5, 0.6) is 0 Å². The van der Waals surface area contributed by atoms with Gasteiger partial charge in [-0.2, -0.15) is 14.2 Å². The summed E-state index contributed by atoms with van der Waals surface area (Å²) in [6.07, 6.45) is 3.89. The number of nitrogens with zero attached hydrogens (tertiary/aromatic N) is 4. The van der Waals surface area contributed by atoms with Gasteiger partial charge in [0.2, 0.25) is 5.69 Å². The van der Waals surface area contributed by atoms with E-state index < -0.39 is 0 Å². The molecule has 0 aliphatic heterocycles. The van der Waals surface area contributed by atoms with Gasteiger partial charge in [0.1, 0.15) is 19.8 Å². The molecule has 0 amide bonds. The van der Waals surface area contributed by atoms with Gasteiger partial charge >= 0.3 is 0 Å². The van der Waals surface area contributed by atoms with Crippen molar-refractivity contribution in [2.24, 2.45) is 21.1 Å². The van der Waals surface area contributed by atoms with Crippen molar-refractivity contribution < 1.29 is 9.13 Å². The van der Waals surface area contributed by atoms with E-state index in [1.165, 1.54) is 11.4 Å². The summed E-state index contributed by atoms with van der Waals surface area (Å²) in [5.74, 6) is 0. The molecule has 0 spiro atoms. The van der Waals surface area contributed by atoms with Crippen LogP contribution in [0, 0.1) is 0 Å². The molecule has 0 N–H and O–H groups in total. The maximum absolute atomic E-state index is 4.25. The summed E-state index contributed by atoms with van der Waals surface area (Å²) in [6.45, 7) is 0. The number of pyridine rings is 2. The Balaban J connectivity index is 2.21. The summed E-state index contributed by atoms with van der Waals surface area (Å²) < 4.78 is 6.22. The molecule has 0 aromatic carbocycles. The summed E-state index contributed by atoms with van der Waals surface area (Å²) in [6, 6.07) is 14.6. The van der Waals surface area contributed by atoms with Crippen LogP contribution < -0.4 is 9.13 Å². The molecule has 4 heteroatoms. The van der Waals surface area contributed by atoms with Crippen LogP contribution in [0.1, 0.15) is 0 Å². The molecular weight excluding hydrogens is 248 g/mol. The molecule has 0 unspecified atom stereocenters. The molecule has 0 atom stereocenters. The third kappa shape index (κ3) is 1.99. The first-order valence-electron chi connectivity index (χ1n) is 6.61. The first kappa shape index (κ1) is 12.5. The fourth-order valence-electron chi connectivity index (χ4n) is 2.51. The number of hydrogen-bond acceptors (Lipinski definition) is 1. The monoisotopic (exact) mass is 266 g/mol. The van der Waals surface area contributed by atoms with E-state index in [0.717, 1.165) is 11.4 Å². The van der Waals surface area contributed by atoms with Crippen molar-refractivity contribution >= 4 is 0 Å². The normalized spacial score (nSPS) is 10.8. The van der Waals surface area contributed by atoms with Crippen LogP contribution in [-0.2, 0) is 21.1 Å². The first-order chi connectivity index (χ1) is 9.68. The smallest absolute Gasteiger partial charge is 0.262 e. The van der Waals surface area contributed by atoms with Crippen LogP contribution in [0.15, 0.2) is 54.9 Å². The topological polar surface area (TPSA) is 25.6 Å². The van der Waals surface area contributed by atoms with Crippen molar-refractivity contribution in [1.82, 2.24) is 9.78 Å². The Morgan fingerprint density at radius 3 is 2.35 bits per heavy atom. The van der Waals surface area contributed by atoms with Gasteiger partial charge in [-0.1, -0.05) is 0 Å². The van der Waals surface area contributed by atoms with Gasteiger partial charge in [-0.05, 0) is 18.2 Å². The highest BCUT2D eigenvalue weighted by Gasteiger charge is 2.22. The summed E-state index contributed by atoms with van der Waals surface area (Å²) in [5.41, 5.74) is 4.60. The molecule has 4 nitrogen and oxygen atoms in total. The van der Waals surface area contributed by atoms with Crippen molar-refractivity contribution in [2.45, 2.75) is 0 Å². The lowest BCUT2D eigenvalue weighted by Crippen LogP contribution is -2.40. The Hall–Kier alpha value is -2.49. The van der Waals surface area contributed by atoms with Gasteiger partial charge in [0.15, 0.2) is 6.20 Å². The summed E-state index contributed by atoms with van der Waals surface area (Å²) in [7, 11) is 6.11. The molecule has 0 bridgehead atoms. The SMILES string of the molecule is Cn1nccc1-c1cccc(-c2cccc[n+]2C)[n+]1C. The van der Waals surface area contributed by atoms with Gasteiger partial charge in [-0.15, -0.1) is 0 Å². The van der Waals surface area contributed by atoms with E-state index in [2.05, 4.69) is 64.9 Å². The Kier molecular flexibility index (Phi) is 3.06. The lowest BCUT2D eigenvalue weighted by Gasteiger charge is -2.04. The fourth-order valence-corrected chi connectivity index (χ4v) is 2.51. The van der Waals surface area contributed by atoms with E-state index >= 15 is 0 Å². The zero-order chi connectivity index (χ0) is 14.1. The Bertz CT molecular complexity index is 759. The highest BCUT2D eigenvalue weighted by molar-refractivity contribution is 5.54. The Labute approximate surface area is 118 Å². The second-order valence-electron chi connectivity index (χ2n) is 4.89. The summed E-state index contributed by atoms with van der Waals surface area (Å²) in [5, 5.41) is 4.25. The zero-order valence-corrected chi connectivity index (χ0v) is 12.0. The molecule has 0 fully saturated rings. The van der Waals surface area contributed by atoms with Crippen molar-refractivity contribution in [3.8, 4) is 22.8 Å². The molecule has 0 aliphatic carbocycles. The minimum atomic E-state index is 1.10. The largest absolute Gasteiger partial charge is 0.277 e. The summed E-state index contributed by atoms with van der Waals surface area (Å²) >= 11 is 0. The molecule has 3 aromatic rings. The van der Waals surface area contributed by atoms with Crippen molar-refractivity contribution in [1.29, 1.82) is 0 Å². The van der Waals surface area contributed by atoms with Crippen LogP contribution in [0.25, 0.3) is 22.8 Å². The van der Waals surface area contributed by atoms with E-state index in [1.54, 1.807) is 0 Å². The van der Waals surface area contributed by atoms with Gasteiger partial charge in [-0.25, -0.2) is 0 Å². The van der Waals surface area contributed by atoms with Gasteiger partial charge in [0.05, 0.1) is 0 Å². The van der Waals surface area contributed by atoms with E-state index in [4.69, 9.17) is 0 Å². The summed E-state index contributed by atoms with van der Waals surface area (Å²) in [4.78, 5) is 0. The molecule has 0 saturated carbocycles. The maximum Gasteiger partial charge on any atom is 0.277 e. The minimum Gasteiger partial charge on any atom is -0.262 e. The van der Waals surface area contributed by atoms with E-state index in [9.17, 15) is 0 Å². The molecule has 0 radical (unpaired) electrons. The highest BCUT2D eigenvalue weighted by Crippen LogP contribution is 2.17. The van der Waals surface area contributed by atoms with Crippen LogP contribution in [0.4, 0.5) is 0 Å². The quantitative estimate of drug-likeness (QED) is 0.644. The van der Waals surface area contributed by atoms with Crippen LogP contribution in [-0.4, -0.2) is 9.78 Å². The van der Waals surface area contributed by atoms with E-state index in [1.807, 2.05) is 30.1 Å². The van der Waals surface area contributed by atoms with Crippen molar-refractivity contribution in [2.75, 3.05) is 0 Å². The molecule has 100 valence electrons. The Morgan fingerprint density at radius 2 is 1.65 bits per heavy atom. The molecule has 20 heavy (non-hydrogen) atoms. The zero-order valence-electron chi connectivity index (χ0n) is 12.0. The number of rotatable bonds is 2. The van der Waals surface area contributed by atoms with Gasteiger partial charge in [-0.3, -0.25) is 4.68 Å². The minimum absolute atomic E-state index is 1.10. The van der Waals surface area contributed by atoms with Gasteiger partial charge in [0.25, 0.3) is 11.4 Å². The van der Waals surface area contributed by atoms with E-state index in [0.29, 0.717) is 0 Å². The number of aromatic nitrogens is 4. The second kappa shape index (κ2) is 4.89. The second-order valence-corrected chi connectivity index (χ2v) is 4.89. The molecule has 0 saturated heterocycles. The molecular formula is C16H18N4+2. The fraction of sp³-hybridized carbons (Fsp3) is 0.188. The molecule has 3 aromatic heterocycles. The van der Waals surface area contributed by atoms with Gasteiger partial charge < -0.3 is 0 Å². The lowest BCUT2D eigenvalue weighted by atomic mass is 10.2. The predicted octanol–water partition coefficient (Wildman–Crippen LogP) is 1.40. The maximum atomic E-state index is 4.25. The molecule has 3 heterocycles. The average molecular weight is 266 g/mol. The van der Waals surface area contributed by atoms with Crippen LogP contribution in [0.3, 0.4) is 0 Å². The third-order valence-electron chi connectivity index (χ3n) is 3.63. The number of hydrogen-bond donors (Lipinski definition) is 0. The highest BCUT2D eigenvalue weighted by atomic mass is 15.3. The lowest BCUT2D eigenvalue weighted by molar-refractivity contribution is -0.685. The van der Waals surface area contributed by atoms with Gasteiger partial charge in [0, 0.05) is 37.5 Å². The molecule has 0 aliphatic rings. The van der Waals surface area contributed by atoms with Crippen molar-refractivity contribution in [3.63, 3.8) is 0 Å². The molecule has 3 rings (SSSR count). The third-order valence-corrected chi connectivity index (χ3v) is 3.63. The van der Waals surface area contributed by atoms with Crippen LogP contribution >= 0.6 is 0 Å². The first-order valence-corrected chi connectivity index (χ1v) is 6.61. The van der Waals surface area contributed by atoms with E-state index in [-0.39, 0.29) is 0 Å². The predicted molar refractivity (Wildman–Crippen MR) is 76.4 cm³/mol.